The molecular formula is C23H38NO3+. The zero-order chi connectivity index (χ0) is 20.6. The van der Waals surface area contributed by atoms with E-state index in [1.54, 1.807) is 6.07 Å². The monoisotopic (exact) mass is 376 g/mol. The Labute approximate surface area is 164 Å². The standard InChI is InChI=1S/C23H37NO3/c1-21(2,3)16-13-17(19(25)18(14-16)22(4,5)6)20(26)27-23(7,8)15-9-11-24-12-10-15/h13-15,24-25H,9-12H2,1-8H3/p+1. The summed E-state index contributed by atoms with van der Waals surface area (Å²) in [6, 6.07) is 3.83. The fraction of sp³-hybridized carbons (Fsp3) is 0.696. The van der Waals surface area contributed by atoms with E-state index in [0.29, 0.717) is 5.92 Å². The largest absolute Gasteiger partial charge is 0.507 e. The maximum atomic E-state index is 13.1. The first-order valence-electron chi connectivity index (χ1n) is 10.2. The van der Waals surface area contributed by atoms with Crippen molar-refractivity contribution in [3.8, 4) is 5.75 Å². The van der Waals surface area contributed by atoms with Gasteiger partial charge in [-0.3, -0.25) is 0 Å². The number of benzene rings is 1. The molecule has 1 heterocycles. The maximum absolute atomic E-state index is 13.1. The summed E-state index contributed by atoms with van der Waals surface area (Å²) in [7, 11) is 0. The highest BCUT2D eigenvalue weighted by Crippen LogP contribution is 2.39. The minimum atomic E-state index is -0.544. The van der Waals surface area contributed by atoms with Crippen LogP contribution < -0.4 is 5.32 Å². The number of aromatic hydroxyl groups is 1. The van der Waals surface area contributed by atoms with E-state index in [4.69, 9.17) is 4.74 Å². The second-order valence-electron chi connectivity index (χ2n) is 10.6. The van der Waals surface area contributed by atoms with E-state index in [9.17, 15) is 9.90 Å². The van der Waals surface area contributed by atoms with Gasteiger partial charge in [0, 0.05) is 24.3 Å². The maximum Gasteiger partial charge on any atom is 0.342 e. The highest BCUT2D eigenvalue weighted by molar-refractivity contribution is 5.93. The fourth-order valence-electron chi connectivity index (χ4n) is 3.79. The fourth-order valence-corrected chi connectivity index (χ4v) is 3.79. The van der Waals surface area contributed by atoms with E-state index in [2.05, 4.69) is 26.1 Å². The molecule has 1 saturated heterocycles. The second-order valence-corrected chi connectivity index (χ2v) is 10.6. The lowest BCUT2D eigenvalue weighted by atomic mass is 9.79. The average Bonchev–Trinajstić information content (AvgIpc) is 2.53. The van der Waals surface area contributed by atoms with Crippen molar-refractivity contribution in [3.05, 3.63) is 28.8 Å². The number of rotatable bonds is 3. The number of carbonyl (C=O) groups is 1. The van der Waals surface area contributed by atoms with Crippen molar-refractivity contribution in [1.82, 2.24) is 0 Å². The van der Waals surface area contributed by atoms with Crippen LogP contribution in [0.25, 0.3) is 0 Å². The van der Waals surface area contributed by atoms with Gasteiger partial charge >= 0.3 is 5.97 Å². The normalized spacial score (nSPS) is 17.0. The Kier molecular flexibility index (Phi) is 6.01. The summed E-state index contributed by atoms with van der Waals surface area (Å²) in [5, 5.41) is 13.2. The molecule has 3 N–H and O–H groups in total. The van der Waals surface area contributed by atoms with Crippen LogP contribution in [0.5, 0.6) is 5.75 Å². The minimum absolute atomic E-state index is 0.0493. The van der Waals surface area contributed by atoms with Crippen molar-refractivity contribution in [2.24, 2.45) is 5.92 Å². The van der Waals surface area contributed by atoms with Crippen LogP contribution in [0.1, 0.15) is 89.7 Å². The number of ether oxygens (including phenoxy) is 1. The van der Waals surface area contributed by atoms with Gasteiger partial charge in [-0.05, 0) is 36.3 Å². The summed E-state index contributed by atoms with van der Waals surface area (Å²) in [4.78, 5) is 13.1. The minimum Gasteiger partial charge on any atom is -0.507 e. The predicted molar refractivity (Wildman–Crippen MR) is 109 cm³/mol. The van der Waals surface area contributed by atoms with Gasteiger partial charge in [0.15, 0.2) is 0 Å². The third-order valence-electron chi connectivity index (χ3n) is 5.78. The Morgan fingerprint density at radius 2 is 1.56 bits per heavy atom. The van der Waals surface area contributed by atoms with Gasteiger partial charge < -0.3 is 15.2 Å². The molecule has 0 aromatic heterocycles. The molecule has 2 rings (SSSR count). The first kappa shape index (κ1) is 21.7. The van der Waals surface area contributed by atoms with Crippen LogP contribution in [-0.4, -0.2) is 29.8 Å². The number of esters is 1. The Balaban J connectivity index is 2.42. The van der Waals surface area contributed by atoms with E-state index < -0.39 is 11.6 Å². The van der Waals surface area contributed by atoms with E-state index in [-0.39, 0.29) is 22.1 Å². The van der Waals surface area contributed by atoms with Gasteiger partial charge in [0.1, 0.15) is 16.9 Å². The molecule has 4 heteroatoms. The highest BCUT2D eigenvalue weighted by atomic mass is 16.6. The van der Waals surface area contributed by atoms with Crippen molar-refractivity contribution < 1.29 is 20.0 Å². The molecule has 0 saturated carbocycles. The molecule has 152 valence electrons. The van der Waals surface area contributed by atoms with Gasteiger partial charge in [-0.2, -0.15) is 0 Å². The topological polar surface area (TPSA) is 63.1 Å². The number of quaternary nitrogens is 1. The molecule has 1 aliphatic rings. The summed E-state index contributed by atoms with van der Waals surface area (Å²) >= 11 is 0. The van der Waals surface area contributed by atoms with Crippen molar-refractivity contribution in [2.75, 3.05) is 13.1 Å². The van der Waals surface area contributed by atoms with Gasteiger partial charge in [0.05, 0.1) is 13.1 Å². The SMILES string of the molecule is CC(C)(C)c1cc(C(=O)OC(C)(C)C2CC[NH2+]CC2)c(O)c(C(C)(C)C)c1. The summed E-state index contributed by atoms with van der Waals surface area (Å²) in [5.74, 6) is -0.0293. The van der Waals surface area contributed by atoms with Gasteiger partial charge in [-0.25, -0.2) is 4.79 Å². The molecule has 4 nitrogen and oxygen atoms in total. The quantitative estimate of drug-likeness (QED) is 0.787. The molecule has 0 spiro atoms. The van der Waals surface area contributed by atoms with Crippen LogP contribution in [0.15, 0.2) is 12.1 Å². The molecule has 0 atom stereocenters. The molecule has 0 amide bonds. The number of phenolic OH excluding ortho intramolecular Hbond substituents is 1. The molecule has 1 aliphatic heterocycles. The van der Waals surface area contributed by atoms with E-state index >= 15 is 0 Å². The third-order valence-corrected chi connectivity index (χ3v) is 5.78. The van der Waals surface area contributed by atoms with Crippen LogP contribution in [0.3, 0.4) is 0 Å². The molecule has 1 fully saturated rings. The smallest absolute Gasteiger partial charge is 0.342 e. The molecule has 0 aliphatic carbocycles. The highest BCUT2D eigenvalue weighted by Gasteiger charge is 2.37. The lowest BCUT2D eigenvalue weighted by Gasteiger charge is -2.36. The first-order valence-corrected chi connectivity index (χ1v) is 10.2. The molecule has 27 heavy (non-hydrogen) atoms. The Hall–Kier alpha value is -1.55. The Bertz CT molecular complexity index is 687. The zero-order valence-corrected chi connectivity index (χ0v) is 18.4. The number of hydrogen-bond acceptors (Lipinski definition) is 3. The molecule has 0 unspecified atom stereocenters. The Morgan fingerprint density at radius 1 is 1.00 bits per heavy atom. The number of carbonyl (C=O) groups excluding carboxylic acids is 1. The summed E-state index contributed by atoms with van der Waals surface area (Å²) in [5.41, 5.74) is 1.15. The molecule has 0 radical (unpaired) electrons. The van der Waals surface area contributed by atoms with Crippen LogP contribution in [0, 0.1) is 5.92 Å². The van der Waals surface area contributed by atoms with Crippen molar-refractivity contribution in [1.29, 1.82) is 0 Å². The van der Waals surface area contributed by atoms with Gasteiger partial charge in [0.25, 0.3) is 0 Å². The van der Waals surface area contributed by atoms with Crippen LogP contribution in [-0.2, 0) is 15.6 Å². The van der Waals surface area contributed by atoms with Crippen molar-refractivity contribution in [2.45, 2.75) is 84.7 Å². The number of hydrogen-bond donors (Lipinski definition) is 2. The number of piperidine rings is 1. The van der Waals surface area contributed by atoms with Gasteiger partial charge in [-0.15, -0.1) is 0 Å². The average molecular weight is 377 g/mol. The summed E-state index contributed by atoms with van der Waals surface area (Å²) in [6.07, 6.45) is 2.09. The van der Waals surface area contributed by atoms with Crippen molar-refractivity contribution >= 4 is 5.97 Å². The van der Waals surface area contributed by atoms with E-state index in [0.717, 1.165) is 37.1 Å². The van der Waals surface area contributed by atoms with E-state index in [1.807, 2.05) is 40.7 Å². The van der Waals surface area contributed by atoms with Crippen LogP contribution in [0.4, 0.5) is 0 Å². The third kappa shape index (κ3) is 5.04. The lowest BCUT2D eigenvalue weighted by Crippen LogP contribution is -2.86. The predicted octanol–water partition coefficient (Wildman–Crippen LogP) is 3.90. The summed E-state index contributed by atoms with van der Waals surface area (Å²) in [6.45, 7) is 18.6. The van der Waals surface area contributed by atoms with Gasteiger partial charge in [0.2, 0.25) is 0 Å². The Morgan fingerprint density at radius 3 is 2.04 bits per heavy atom. The lowest BCUT2D eigenvalue weighted by molar-refractivity contribution is -0.665. The molecule has 1 aromatic carbocycles. The van der Waals surface area contributed by atoms with Crippen LogP contribution >= 0.6 is 0 Å². The van der Waals surface area contributed by atoms with E-state index in [1.165, 1.54) is 0 Å². The first-order chi connectivity index (χ1) is 12.2. The second kappa shape index (κ2) is 7.46. The zero-order valence-electron chi connectivity index (χ0n) is 18.4. The van der Waals surface area contributed by atoms with Gasteiger partial charge in [-0.1, -0.05) is 47.6 Å². The van der Waals surface area contributed by atoms with Crippen LogP contribution in [0.2, 0.25) is 0 Å². The number of phenols is 1. The summed E-state index contributed by atoms with van der Waals surface area (Å²) < 4.78 is 5.97. The molecule has 0 bridgehead atoms. The number of nitrogens with two attached hydrogens (primary N) is 1. The molecular weight excluding hydrogens is 338 g/mol. The molecule has 1 aromatic rings. The van der Waals surface area contributed by atoms with Crippen molar-refractivity contribution in [3.63, 3.8) is 0 Å².